The Kier molecular flexibility index (Phi) is 28.7. The molecule has 3 heterocycles. The minimum absolute atomic E-state index is 0. The number of carbonyl (C=O) groups is 5. The minimum atomic E-state index is -1.05. The van der Waals surface area contributed by atoms with Crippen molar-refractivity contribution in [2.45, 2.75) is 112 Å². The molecule has 0 bridgehead atoms. The molecule has 12 rings (SSSR count). The predicted octanol–water partition coefficient (Wildman–Crippen LogP) is 17.1. The van der Waals surface area contributed by atoms with Crippen molar-refractivity contribution in [1.82, 2.24) is 40.0 Å². The molecule has 0 spiro atoms. The Balaban J connectivity index is 0.000000190. The van der Waals surface area contributed by atoms with Crippen LogP contribution in [0.5, 0.6) is 0 Å². The van der Waals surface area contributed by atoms with Crippen molar-refractivity contribution >= 4 is 59.4 Å². The summed E-state index contributed by atoms with van der Waals surface area (Å²) in [6.45, 7) is 17.0. The SMILES string of the molecule is Cc1cc(C(=O)Nc2cc(Cc3ccccc3)ccc2F)n(-c2cccc(CN)c2)n1.Cc1cc(C(=O)Nc2cc(Cc3ccccc3)ccc2F)n(-c2cccc(CNC(=O)OC(C)(C)C)c2)n1.Cc1cc(C(=O)O)n(-c2cccc(CNC(=O)OC(C)(C)C)c2)n1.Cl.Nc1cc(Cc2ccccc2)ccc1F. The molecule has 9 aromatic carbocycles. The second-order valence-corrected chi connectivity index (χ2v) is 27.4. The standard InChI is InChI=1S/C30H31FN4O3.C25H23FN4O.C17H21N3O4.C13H12FN.ClH/c1-20-15-27(28(36)33-26-18-22(13-14-25(26)31)16-21-9-6-5-7-10-21)35(34-20)24-12-8-11-23(17-24)19-32-29(37)38-30(2,3)4;1-17-12-24(30(29-17)21-9-5-8-20(14-21)16-27)25(31)28-23-15-19(10-11-22(23)26)13-18-6-3-2-4-7-18;1-11-8-14(15(21)22)20(19-11)13-7-5-6-12(9-13)10-18-16(23)24-17(2,3)4;14-12-7-6-11(9-13(12)15)8-10-4-2-1-3-5-10;/h5-15,17-18H,16,19H2,1-4H3,(H,32,37)(H,33,36);2-12,14-15H,13,16,27H2,1H3,(H,28,31);5-9H,10H2,1-4H3,(H,18,23)(H,21,22);1-7,9H,8,15H2;1H. The molecule has 0 saturated carbocycles. The summed E-state index contributed by atoms with van der Waals surface area (Å²) >= 11 is 0. The van der Waals surface area contributed by atoms with E-state index in [-0.39, 0.29) is 59.8 Å². The molecule has 0 saturated heterocycles. The second kappa shape index (κ2) is 38.1. The zero-order valence-electron chi connectivity index (χ0n) is 61.9. The number of hydrogen-bond donors (Lipinski definition) is 7. The normalized spacial score (nSPS) is 10.8. The number of aryl methyl sites for hydroxylation is 3. The first-order valence-corrected chi connectivity index (χ1v) is 34.7. The van der Waals surface area contributed by atoms with Crippen molar-refractivity contribution in [2.75, 3.05) is 16.4 Å². The molecule has 0 aliphatic carbocycles. The first kappa shape index (κ1) is 82.1. The van der Waals surface area contributed by atoms with Gasteiger partial charge in [-0.05, 0) is 223 Å². The van der Waals surface area contributed by atoms with Crippen LogP contribution in [0, 0.1) is 38.2 Å². The van der Waals surface area contributed by atoms with E-state index in [0.717, 1.165) is 56.6 Å². The first-order chi connectivity index (χ1) is 51.5. The molecule has 24 heteroatoms. The topological polar surface area (TPSA) is 278 Å². The summed E-state index contributed by atoms with van der Waals surface area (Å²) in [4.78, 5) is 61.3. The van der Waals surface area contributed by atoms with E-state index in [0.29, 0.717) is 53.5 Å². The fourth-order valence-corrected chi connectivity index (χ4v) is 11.1. The van der Waals surface area contributed by atoms with Crippen LogP contribution in [0.3, 0.4) is 0 Å². The van der Waals surface area contributed by atoms with Crippen LogP contribution >= 0.6 is 12.4 Å². The van der Waals surface area contributed by atoms with Crippen LogP contribution in [0.25, 0.3) is 17.1 Å². The molecule has 109 heavy (non-hydrogen) atoms. The quantitative estimate of drug-likeness (QED) is 0.0371. The average molecular weight is 1500 g/mol. The third-order valence-corrected chi connectivity index (χ3v) is 15.9. The lowest BCUT2D eigenvalue weighted by Crippen LogP contribution is -2.32. The minimum Gasteiger partial charge on any atom is -0.477 e. The molecule has 0 atom stereocenters. The Morgan fingerprint density at radius 1 is 0.404 bits per heavy atom. The fraction of sp³-hybridized carbons (Fsp3) is 0.200. The lowest BCUT2D eigenvalue weighted by atomic mass is 10.0. The highest BCUT2D eigenvalue weighted by atomic mass is 35.5. The molecule has 4 amide bonds. The number of alkyl carbamates (subject to hydrolysis) is 2. The Morgan fingerprint density at radius 3 is 1.07 bits per heavy atom. The summed E-state index contributed by atoms with van der Waals surface area (Å²) in [5.74, 6) is -3.33. The zero-order chi connectivity index (χ0) is 77.7. The van der Waals surface area contributed by atoms with Gasteiger partial charge in [0, 0.05) is 19.6 Å². The third kappa shape index (κ3) is 25.0. The number of amides is 4. The van der Waals surface area contributed by atoms with Crippen LogP contribution in [0.4, 0.5) is 39.8 Å². The maximum atomic E-state index is 14.6. The molecule has 0 fully saturated rings. The third-order valence-electron chi connectivity index (χ3n) is 15.9. The summed E-state index contributed by atoms with van der Waals surface area (Å²) < 4.78 is 56.9. The van der Waals surface area contributed by atoms with Crippen LogP contribution in [0.1, 0.15) is 140 Å². The van der Waals surface area contributed by atoms with E-state index in [1.807, 2.05) is 140 Å². The summed E-state index contributed by atoms with van der Waals surface area (Å²) in [6, 6.07) is 70.9. The highest BCUT2D eigenvalue weighted by Gasteiger charge is 2.23. The highest BCUT2D eigenvalue weighted by molar-refractivity contribution is 6.04. The number of carbonyl (C=O) groups excluding carboxylic acids is 4. The summed E-state index contributed by atoms with van der Waals surface area (Å²) in [5, 5.41) is 33.2. The van der Waals surface area contributed by atoms with Gasteiger partial charge in [0.25, 0.3) is 11.8 Å². The molecule has 3 aromatic heterocycles. The maximum absolute atomic E-state index is 14.6. The van der Waals surface area contributed by atoms with Crippen LogP contribution < -0.4 is 32.7 Å². The van der Waals surface area contributed by atoms with Gasteiger partial charge in [-0.1, -0.05) is 146 Å². The van der Waals surface area contributed by atoms with Crippen LogP contribution in [0.15, 0.2) is 237 Å². The first-order valence-electron chi connectivity index (χ1n) is 34.7. The maximum Gasteiger partial charge on any atom is 0.407 e. The number of aromatic nitrogens is 6. The van der Waals surface area contributed by atoms with E-state index in [1.165, 1.54) is 39.2 Å². The van der Waals surface area contributed by atoms with Crippen molar-refractivity contribution < 1.29 is 51.7 Å². The van der Waals surface area contributed by atoms with E-state index < -0.39 is 52.8 Å². The van der Waals surface area contributed by atoms with Crippen LogP contribution in [-0.2, 0) is 48.4 Å². The van der Waals surface area contributed by atoms with Gasteiger partial charge < -0.3 is 47.3 Å². The predicted molar refractivity (Wildman–Crippen MR) is 420 cm³/mol. The Labute approximate surface area is 637 Å². The van der Waals surface area contributed by atoms with Crippen molar-refractivity contribution in [3.8, 4) is 17.1 Å². The van der Waals surface area contributed by atoms with E-state index in [2.05, 4.69) is 36.6 Å². The van der Waals surface area contributed by atoms with Gasteiger partial charge in [0.2, 0.25) is 0 Å². The number of ether oxygens (including phenoxy) is 2. The molecule has 9 N–H and O–H groups in total. The largest absolute Gasteiger partial charge is 0.477 e. The summed E-state index contributed by atoms with van der Waals surface area (Å²) in [6.07, 6.45) is 1.02. The van der Waals surface area contributed by atoms with E-state index in [4.69, 9.17) is 20.9 Å². The monoisotopic (exact) mass is 1500 g/mol. The van der Waals surface area contributed by atoms with Crippen LogP contribution in [0.2, 0.25) is 0 Å². The smallest absolute Gasteiger partial charge is 0.407 e. The van der Waals surface area contributed by atoms with Crippen LogP contribution in [-0.4, -0.2) is 75.6 Å². The number of nitrogens with two attached hydrogens (primary N) is 2. The number of carboxylic acids is 1. The summed E-state index contributed by atoms with van der Waals surface area (Å²) in [7, 11) is 0. The number of nitrogen functional groups attached to an aromatic ring is 1. The van der Waals surface area contributed by atoms with Gasteiger partial charge in [0.1, 0.15) is 40.0 Å². The number of rotatable bonds is 19. The van der Waals surface area contributed by atoms with E-state index >= 15 is 0 Å². The molecule has 0 aliphatic rings. The molecule has 20 nitrogen and oxygen atoms in total. The van der Waals surface area contributed by atoms with Gasteiger partial charge in [-0.3, -0.25) is 9.59 Å². The van der Waals surface area contributed by atoms with Crippen molar-refractivity contribution in [1.29, 1.82) is 0 Å². The lowest BCUT2D eigenvalue weighted by Gasteiger charge is -2.19. The van der Waals surface area contributed by atoms with Gasteiger partial charge in [-0.25, -0.2) is 41.6 Å². The number of benzene rings is 9. The Bertz CT molecular complexity index is 5100. The molecular weight excluding hydrogens is 1410 g/mol. The molecule has 0 unspecified atom stereocenters. The van der Waals surface area contributed by atoms with Crippen molar-refractivity contribution in [3.05, 3.63) is 338 Å². The molecule has 564 valence electrons. The second-order valence-electron chi connectivity index (χ2n) is 27.4. The number of aromatic carboxylic acids is 1. The average Bonchev–Trinajstić information content (AvgIpc) is 1.67. The number of hydrogen-bond acceptors (Lipinski definition) is 12. The highest BCUT2D eigenvalue weighted by Crippen LogP contribution is 2.26. The van der Waals surface area contributed by atoms with E-state index in [1.54, 1.807) is 140 Å². The fourth-order valence-electron chi connectivity index (χ4n) is 11.1. The summed E-state index contributed by atoms with van der Waals surface area (Å²) in [5.41, 5.74) is 23.8. The lowest BCUT2D eigenvalue weighted by molar-refractivity contribution is 0.0512. The van der Waals surface area contributed by atoms with Gasteiger partial charge in [0.15, 0.2) is 5.69 Å². The zero-order valence-corrected chi connectivity index (χ0v) is 62.8. The molecule has 0 radical (unpaired) electrons. The van der Waals surface area contributed by atoms with Crippen molar-refractivity contribution in [2.24, 2.45) is 5.73 Å². The number of nitrogens with zero attached hydrogens (tertiary/aromatic N) is 6. The van der Waals surface area contributed by atoms with Gasteiger partial charge in [-0.2, -0.15) is 15.3 Å². The number of halogens is 4. The molecule has 12 aromatic rings. The Morgan fingerprint density at radius 2 is 0.725 bits per heavy atom. The number of nitrogens with one attached hydrogen (secondary N) is 4. The van der Waals surface area contributed by atoms with E-state index in [9.17, 15) is 42.3 Å². The molecule has 0 aliphatic heterocycles. The van der Waals surface area contributed by atoms with Crippen molar-refractivity contribution in [3.63, 3.8) is 0 Å². The molecular formula is C85H88ClF3N12O8. The number of anilines is 3. The van der Waals surface area contributed by atoms with Gasteiger partial charge in [-0.15, -0.1) is 12.4 Å². The Hall–Kier alpha value is -12.6. The van der Waals surface area contributed by atoms with Gasteiger partial charge in [0.05, 0.1) is 51.2 Å². The number of carboxylic acid groups (broad SMARTS) is 1. The van der Waals surface area contributed by atoms with Gasteiger partial charge >= 0.3 is 18.2 Å².